The molecule has 0 aliphatic carbocycles. The number of carbonyl (C=O) groups is 4. The van der Waals surface area contributed by atoms with Gasteiger partial charge in [-0.2, -0.15) is 0 Å². The van der Waals surface area contributed by atoms with Crippen molar-refractivity contribution in [3.8, 4) is 0 Å². The van der Waals surface area contributed by atoms with Gasteiger partial charge in [-0.3, -0.25) is 18.9 Å². The molecule has 15 heteroatoms. The van der Waals surface area contributed by atoms with Crippen LogP contribution in [0.1, 0.15) is 47.5 Å². The van der Waals surface area contributed by atoms with Crippen molar-refractivity contribution < 1.29 is 52.3 Å². The minimum absolute atomic E-state index is 0.0390. The molecule has 2 heterocycles. The predicted molar refractivity (Wildman–Crippen MR) is 132 cm³/mol. The first-order valence-corrected chi connectivity index (χ1v) is 13.6. The summed E-state index contributed by atoms with van der Waals surface area (Å²) in [6.07, 6.45) is 0.704. The Kier molecular flexibility index (Phi) is 11.5. The number of carboxylic acids is 1. The monoisotopic (exact) mass is 561 g/mol. The molecule has 214 valence electrons. The van der Waals surface area contributed by atoms with Crippen LogP contribution in [0.25, 0.3) is 0 Å². The first-order valence-electron chi connectivity index (χ1n) is 12.0. The van der Waals surface area contributed by atoms with Crippen LogP contribution in [0.15, 0.2) is 24.0 Å². The molecule has 0 spiro atoms. The Labute approximate surface area is 221 Å². The van der Waals surface area contributed by atoms with Gasteiger partial charge in [0.2, 0.25) is 0 Å². The van der Waals surface area contributed by atoms with Gasteiger partial charge in [0.15, 0.2) is 18.4 Å². The molecule has 3 N–H and O–H groups in total. The van der Waals surface area contributed by atoms with Gasteiger partial charge in [-0.15, -0.1) is 0 Å². The van der Waals surface area contributed by atoms with Crippen LogP contribution in [0, 0.1) is 0 Å². The Bertz CT molecular complexity index is 999. The second-order valence-corrected chi connectivity index (χ2v) is 10.9. The van der Waals surface area contributed by atoms with Gasteiger partial charge < -0.3 is 33.5 Å². The van der Waals surface area contributed by atoms with E-state index in [9.17, 15) is 28.8 Å². The highest BCUT2D eigenvalue weighted by molar-refractivity contribution is 7.54. The maximum atomic E-state index is 13.4. The lowest BCUT2D eigenvalue weighted by atomic mass is 10.1. The van der Waals surface area contributed by atoms with Gasteiger partial charge in [-0.1, -0.05) is 6.08 Å². The standard InChI is InChI=1S/C23H36N3O11P/c1-13(2)24-38(32,25-14(3)23(31)33-6)34-11-9-18-19(35-15(4)27)20(36-16(5)28)21(37-18)26-10-7-8-17(12-26)22(29)30/h7,10,12-14,18-21H,8-9,11H2,1-6H3,(H,29,30)(H2,24,25,32)/t14-,18+,19+,20+,21+,38?/m0/s1. The van der Waals surface area contributed by atoms with Gasteiger partial charge in [0.05, 0.1) is 19.3 Å². The highest BCUT2D eigenvalue weighted by Crippen LogP contribution is 2.40. The second kappa shape index (κ2) is 13.9. The van der Waals surface area contributed by atoms with Gasteiger partial charge in [-0.05, 0) is 20.8 Å². The molecule has 6 atom stereocenters. The van der Waals surface area contributed by atoms with Crippen LogP contribution in [-0.2, 0) is 47.2 Å². The number of carboxylic acid groups (broad SMARTS) is 1. The second-order valence-electron chi connectivity index (χ2n) is 9.04. The largest absolute Gasteiger partial charge is 0.478 e. The molecular formula is C23H36N3O11P. The summed E-state index contributed by atoms with van der Waals surface area (Å²) in [4.78, 5) is 48.5. The molecule has 0 aromatic carbocycles. The average molecular weight is 562 g/mol. The molecule has 0 radical (unpaired) electrons. The van der Waals surface area contributed by atoms with E-state index >= 15 is 0 Å². The van der Waals surface area contributed by atoms with E-state index in [1.807, 2.05) is 0 Å². The van der Waals surface area contributed by atoms with Crippen LogP contribution in [0.2, 0.25) is 0 Å². The number of hydrogen-bond donors (Lipinski definition) is 3. The van der Waals surface area contributed by atoms with Crippen LogP contribution < -0.4 is 10.2 Å². The molecule has 0 bridgehead atoms. The lowest BCUT2D eigenvalue weighted by Crippen LogP contribution is -2.44. The zero-order chi connectivity index (χ0) is 28.6. The molecule has 0 saturated carbocycles. The number of methoxy groups -OCH3 is 1. The van der Waals surface area contributed by atoms with Crippen LogP contribution in [0.4, 0.5) is 0 Å². The fourth-order valence-electron chi connectivity index (χ4n) is 3.94. The van der Waals surface area contributed by atoms with E-state index in [0.717, 1.165) is 0 Å². The van der Waals surface area contributed by atoms with Crippen molar-refractivity contribution >= 4 is 31.5 Å². The molecule has 14 nitrogen and oxygen atoms in total. The number of aliphatic carboxylic acids is 1. The third-order valence-corrected chi connectivity index (χ3v) is 7.53. The third kappa shape index (κ3) is 8.91. The summed E-state index contributed by atoms with van der Waals surface area (Å²) in [6.45, 7) is 7.16. The lowest BCUT2D eigenvalue weighted by Gasteiger charge is -2.30. The van der Waals surface area contributed by atoms with Gasteiger partial charge >= 0.3 is 31.5 Å². The van der Waals surface area contributed by atoms with Gasteiger partial charge in [0.25, 0.3) is 0 Å². The van der Waals surface area contributed by atoms with E-state index in [2.05, 4.69) is 14.9 Å². The third-order valence-electron chi connectivity index (χ3n) is 5.40. The number of nitrogens with one attached hydrogen (secondary N) is 2. The Hall–Kier alpha value is -2.77. The topological polar surface area (TPSA) is 179 Å². The Morgan fingerprint density at radius 1 is 1.13 bits per heavy atom. The van der Waals surface area contributed by atoms with Crippen molar-refractivity contribution in [3.05, 3.63) is 24.0 Å². The lowest BCUT2D eigenvalue weighted by molar-refractivity contribution is -0.166. The quantitative estimate of drug-likeness (QED) is 0.167. The molecular weight excluding hydrogens is 525 g/mol. The fourth-order valence-corrected chi connectivity index (χ4v) is 5.82. The number of hydrogen-bond acceptors (Lipinski definition) is 11. The smallest absolute Gasteiger partial charge is 0.341 e. The molecule has 1 saturated heterocycles. The summed E-state index contributed by atoms with van der Waals surface area (Å²) in [5.74, 6) is -3.07. The van der Waals surface area contributed by atoms with Gasteiger partial charge in [0, 0.05) is 45.1 Å². The van der Waals surface area contributed by atoms with Crippen molar-refractivity contribution in [2.75, 3.05) is 13.7 Å². The Morgan fingerprint density at radius 3 is 2.32 bits per heavy atom. The first kappa shape index (κ1) is 31.4. The molecule has 2 aliphatic rings. The Balaban J connectivity index is 2.25. The molecule has 0 aromatic heterocycles. The van der Waals surface area contributed by atoms with E-state index in [-0.39, 0.29) is 31.1 Å². The molecule has 2 aliphatic heterocycles. The molecule has 0 amide bonds. The normalized spacial score (nSPS) is 25.3. The van der Waals surface area contributed by atoms with Crippen molar-refractivity contribution in [2.24, 2.45) is 0 Å². The summed E-state index contributed by atoms with van der Waals surface area (Å²) in [6, 6.07) is -1.21. The fraction of sp³-hybridized carbons (Fsp3) is 0.652. The van der Waals surface area contributed by atoms with Crippen molar-refractivity contribution in [1.82, 2.24) is 15.1 Å². The minimum Gasteiger partial charge on any atom is -0.478 e. The molecule has 2 rings (SSSR count). The summed E-state index contributed by atoms with van der Waals surface area (Å²) in [7, 11) is -2.54. The maximum Gasteiger partial charge on any atom is 0.341 e. The summed E-state index contributed by atoms with van der Waals surface area (Å²) >= 11 is 0. The predicted octanol–water partition coefficient (Wildman–Crippen LogP) is 1.43. The van der Waals surface area contributed by atoms with Crippen molar-refractivity contribution in [3.63, 3.8) is 0 Å². The SMILES string of the molecule is COC(=O)[C@H](C)NP(=O)(NC(C)C)OCC[C@H]1O[C@@H](N2C=CCC(C(=O)O)=C2)[C@H](OC(C)=O)[C@@H]1OC(C)=O. The van der Waals surface area contributed by atoms with E-state index in [1.165, 1.54) is 39.0 Å². The van der Waals surface area contributed by atoms with Crippen molar-refractivity contribution in [1.29, 1.82) is 0 Å². The van der Waals surface area contributed by atoms with Gasteiger partial charge in [0.1, 0.15) is 12.1 Å². The van der Waals surface area contributed by atoms with E-state index in [1.54, 1.807) is 26.1 Å². The van der Waals surface area contributed by atoms with Crippen LogP contribution >= 0.6 is 7.67 Å². The number of ether oxygens (including phenoxy) is 4. The Morgan fingerprint density at radius 2 is 1.76 bits per heavy atom. The highest BCUT2D eigenvalue weighted by Gasteiger charge is 2.51. The van der Waals surface area contributed by atoms with E-state index < -0.39 is 62.1 Å². The molecule has 1 fully saturated rings. The molecule has 38 heavy (non-hydrogen) atoms. The summed E-state index contributed by atoms with van der Waals surface area (Å²) in [5.41, 5.74) is 0.0833. The van der Waals surface area contributed by atoms with Crippen LogP contribution in [-0.4, -0.2) is 84.2 Å². The highest BCUT2D eigenvalue weighted by atomic mass is 31.2. The zero-order valence-corrected chi connectivity index (χ0v) is 23.1. The number of nitrogens with zero attached hydrogens (tertiary/aromatic N) is 1. The summed E-state index contributed by atoms with van der Waals surface area (Å²) in [5, 5.41) is 14.8. The first-order chi connectivity index (χ1) is 17.8. The van der Waals surface area contributed by atoms with Gasteiger partial charge in [-0.25, -0.2) is 15.0 Å². The molecule has 0 aromatic rings. The average Bonchev–Trinajstić information content (AvgIpc) is 3.13. The number of rotatable bonds is 13. The minimum atomic E-state index is -3.75. The number of carbonyl (C=O) groups excluding carboxylic acids is 3. The van der Waals surface area contributed by atoms with E-state index in [0.29, 0.717) is 0 Å². The number of esters is 3. The van der Waals surface area contributed by atoms with Crippen LogP contribution in [0.5, 0.6) is 0 Å². The number of allylic oxidation sites excluding steroid dienone is 1. The van der Waals surface area contributed by atoms with E-state index in [4.69, 9.17) is 18.7 Å². The summed E-state index contributed by atoms with van der Waals surface area (Å²) < 4.78 is 40.7. The van der Waals surface area contributed by atoms with Crippen molar-refractivity contribution in [2.45, 2.75) is 84.1 Å². The molecule has 1 unspecified atom stereocenters. The van der Waals surface area contributed by atoms with Crippen LogP contribution in [0.3, 0.4) is 0 Å². The zero-order valence-electron chi connectivity index (χ0n) is 22.2. The maximum absolute atomic E-state index is 13.4.